The summed E-state index contributed by atoms with van der Waals surface area (Å²) in [5, 5.41) is 18.0. The van der Waals surface area contributed by atoms with Gasteiger partial charge in [0.1, 0.15) is 11.5 Å². The van der Waals surface area contributed by atoms with Crippen LogP contribution < -0.4 is 4.74 Å². The maximum Gasteiger partial charge on any atom is 0.430 e. The van der Waals surface area contributed by atoms with Gasteiger partial charge in [-0.3, -0.25) is 0 Å². The number of aliphatic carboxylic acids is 1. The van der Waals surface area contributed by atoms with E-state index in [1.807, 2.05) is 25.1 Å². The summed E-state index contributed by atoms with van der Waals surface area (Å²) < 4.78 is 43.5. The number of carboxylic acid groups (broad SMARTS) is 1. The summed E-state index contributed by atoms with van der Waals surface area (Å²) in [6.07, 6.45) is -4.76. The van der Waals surface area contributed by atoms with E-state index in [-0.39, 0.29) is 5.75 Å². The smallest absolute Gasteiger partial charge is 0.430 e. The third-order valence-electron chi connectivity index (χ3n) is 4.25. The first-order valence-corrected chi connectivity index (χ1v) is 8.76. The van der Waals surface area contributed by atoms with Crippen molar-refractivity contribution >= 4 is 12.0 Å². The molecular formula is C21H21F3O4. The maximum atomic E-state index is 12.9. The lowest BCUT2D eigenvalue weighted by molar-refractivity contribution is -0.187. The highest BCUT2D eigenvalue weighted by Gasteiger charge is 2.48. The largest absolute Gasteiger partial charge is 0.508 e. The summed E-state index contributed by atoms with van der Waals surface area (Å²) in [6, 6.07) is 12.2. The molecule has 28 heavy (non-hydrogen) atoms. The molecule has 1 aliphatic heterocycles. The SMILES string of the molecule is CCc1cccc2c1OC(C(F)(F)F)C(C(=O)O)=C2.CCc1ccccc1O. The van der Waals surface area contributed by atoms with E-state index in [9.17, 15) is 18.0 Å². The number of carbonyl (C=O) groups is 1. The molecule has 0 bridgehead atoms. The van der Waals surface area contributed by atoms with E-state index in [1.54, 1.807) is 25.1 Å². The molecule has 1 unspecified atom stereocenters. The van der Waals surface area contributed by atoms with Crippen molar-refractivity contribution in [1.82, 2.24) is 0 Å². The van der Waals surface area contributed by atoms with Gasteiger partial charge in [-0.25, -0.2) is 4.79 Å². The normalized spacial score (nSPS) is 15.5. The van der Waals surface area contributed by atoms with Crippen LogP contribution in [0.4, 0.5) is 13.2 Å². The van der Waals surface area contributed by atoms with Gasteiger partial charge in [-0.1, -0.05) is 50.2 Å². The number of ether oxygens (including phenoxy) is 1. The van der Waals surface area contributed by atoms with Crippen LogP contribution in [0.15, 0.2) is 48.0 Å². The average molecular weight is 394 g/mol. The Morgan fingerprint density at radius 1 is 1.04 bits per heavy atom. The van der Waals surface area contributed by atoms with E-state index in [4.69, 9.17) is 14.9 Å². The molecule has 0 spiro atoms. The predicted molar refractivity (Wildman–Crippen MR) is 99.4 cm³/mol. The zero-order chi connectivity index (χ0) is 20.9. The number of phenols is 1. The van der Waals surface area contributed by atoms with Crippen molar-refractivity contribution in [3.8, 4) is 11.5 Å². The molecular weight excluding hydrogens is 373 g/mol. The summed E-state index contributed by atoms with van der Waals surface area (Å²) >= 11 is 0. The van der Waals surface area contributed by atoms with E-state index in [2.05, 4.69) is 0 Å². The van der Waals surface area contributed by atoms with Crippen molar-refractivity contribution in [2.75, 3.05) is 0 Å². The molecule has 0 aliphatic carbocycles. The molecule has 0 fully saturated rings. The molecule has 1 aliphatic rings. The van der Waals surface area contributed by atoms with Crippen LogP contribution in [0.3, 0.4) is 0 Å². The summed E-state index contributed by atoms with van der Waals surface area (Å²) in [5.74, 6) is -1.12. The zero-order valence-electron chi connectivity index (χ0n) is 15.5. The Morgan fingerprint density at radius 3 is 2.14 bits per heavy atom. The number of alkyl halides is 3. The molecule has 2 N–H and O–H groups in total. The van der Waals surface area contributed by atoms with Gasteiger partial charge in [-0.15, -0.1) is 0 Å². The third kappa shape index (κ3) is 4.85. The highest BCUT2D eigenvalue weighted by atomic mass is 19.4. The second kappa shape index (κ2) is 8.82. The number of hydrogen-bond acceptors (Lipinski definition) is 3. The topological polar surface area (TPSA) is 66.8 Å². The fraction of sp³-hybridized carbons (Fsp3) is 0.286. The van der Waals surface area contributed by atoms with Gasteiger partial charge in [-0.2, -0.15) is 13.2 Å². The van der Waals surface area contributed by atoms with Crippen LogP contribution in [-0.4, -0.2) is 28.5 Å². The molecule has 2 aromatic rings. The Kier molecular flexibility index (Phi) is 6.72. The Morgan fingerprint density at radius 2 is 1.64 bits per heavy atom. The number of para-hydroxylation sites is 2. The van der Waals surface area contributed by atoms with E-state index in [0.29, 0.717) is 23.3 Å². The van der Waals surface area contributed by atoms with Crippen molar-refractivity contribution in [1.29, 1.82) is 0 Å². The number of carboxylic acids is 1. The number of fused-ring (bicyclic) bond motifs is 1. The van der Waals surface area contributed by atoms with Gasteiger partial charge in [0.05, 0.1) is 5.57 Å². The first kappa shape index (κ1) is 21.3. The lowest BCUT2D eigenvalue weighted by Gasteiger charge is -2.28. The van der Waals surface area contributed by atoms with Crippen LogP contribution in [0, 0.1) is 0 Å². The molecule has 0 amide bonds. The molecule has 0 saturated carbocycles. The summed E-state index contributed by atoms with van der Waals surface area (Å²) in [6.45, 7) is 3.81. The highest BCUT2D eigenvalue weighted by Crippen LogP contribution is 2.39. The van der Waals surface area contributed by atoms with E-state index < -0.39 is 23.8 Å². The molecule has 1 heterocycles. The predicted octanol–water partition coefficient (Wildman–Crippen LogP) is 4.99. The zero-order valence-corrected chi connectivity index (χ0v) is 15.5. The van der Waals surface area contributed by atoms with Gasteiger partial charge in [0.2, 0.25) is 6.10 Å². The summed E-state index contributed by atoms with van der Waals surface area (Å²) in [4.78, 5) is 10.9. The number of aryl methyl sites for hydroxylation is 2. The monoisotopic (exact) mass is 394 g/mol. The van der Waals surface area contributed by atoms with Crippen molar-refractivity contribution in [2.24, 2.45) is 0 Å². The Labute approximate surface area is 160 Å². The van der Waals surface area contributed by atoms with Crippen molar-refractivity contribution in [2.45, 2.75) is 39.0 Å². The number of rotatable bonds is 3. The van der Waals surface area contributed by atoms with Gasteiger partial charge < -0.3 is 14.9 Å². The lowest BCUT2D eigenvalue weighted by Crippen LogP contribution is -2.40. The number of aromatic hydroxyl groups is 1. The number of phenolic OH excluding ortho intramolecular Hbond substituents is 1. The van der Waals surface area contributed by atoms with E-state index in [0.717, 1.165) is 18.1 Å². The molecule has 4 nitrogen and oxygen atoms in total. The fourth-order valence-electron chi connectivity index (χ4n) is 2.79. The summed E-state index contributed by atoms with van der Waals surface area (Å²) in [7, 11) is 0. The highest BCUT2D eigenvalue weighted by molar-refractivity contribution is 5.95. The molecule has 2 aromatic carbocycles. The van der Waals surface area contributed by atoms with Gasteiger partial charge in [0.25, 0.3) is 0 Å². The quantitative estimate of drug-likeness (QED) is 0.769. The minimum absolute atomic E-state index is 0.109. The number of halogens is 3. The Hall–Kier alpha value is -2.96. The number of benzene rings is 2. The Balaban J connectivity index is 0.000000261. The van der Waals surface area contributed by atoms with Gasteiger partial charge in [-0.05, 0) is 36.1 Å². The van der Waals surface area contributed by atoms with Crippen LogP contribution >= 0.6 is 0 Å². The van der Waals surface area contributed by atoms with Crippen molar-refractivity contribution in [3.63, 3.8) is 0 Å². The molecule has 0 aromatic heterocycles. The van der Waals surface area contributed by atoms with Crippen LogP contribution in [-0.2, 0) is 17.6 Å². The van der Waals surface area contributed by atoms with Crippen LogP contribution in [0.25, 0.3) is 6.08 Å². The minimum Gasteiger partial charge on any atom is -0.508 e. The maximum absolute atomic E-state index is 12.9. The van der Waals surface area contributed by atoms with Crippen molar-refractivity contribution in [3.05, 3.63) is 64.7 Å². The molecule has 3 rings (SSSR count). The molecule has 0 saturated heterocycles. The van der Waals surface area contributed by atoms with Gasteiger partial charge in [0, 0.05) is 5.56 Å². The number of hydrogen-bond donors (Lipinski definition) is 2. The van der Waals surface area contributed by atoms with Gasteiger partial charge in [0.15, 0.2) is 0 Å². The fourth-order valence-corrected chi connectivity index (χ4v) is 2.79. The lowest BCUT2D eigenvalue weighted by atomic mass is 9.98. The van der Waals surface area contributed by atoms with E-state index in [1.165, 1.54) is 6.07 Å². The van der Waals surface area contributed by atoms with Crippen LogP contribution in [0.5, 0.6) is 11.5 Å². The van der Waals surface area contributed by atoms with Crippen LogP contribution in [0.1, 0.15) is 30.5 Å². The Bertz CT molecular complexity index is 872. The third-order valence-corrected chi connectivity index (χ3v) is 4.25. The first-order chi connectivity index (χ1) is 13.2. The second-order valence-corrected chi connectivity index (χ2v) is 6.12. The standard InChI is InChI=1S/C13H11F3O3.C8H10O/c1-2-7-4-3-5-8-6-9(12(17)18)11(13(14,15)16)19-10(7)8;1-2-7-5-3-4-6-8(7)9/h3-6,11H,2H2,1H3,(H,17,18);3-6,9H,2H2,1H3. The minimum atomic E-state index is -4.76. The molecule has 7 heteroatoms. The van der Waals surface area contributed by atoms with Crippen molar-refractivity contribution < 1.29 is 32.9 Å². The van der Waals surface area contributed by atoms with E-state index >= 15 is 0 Å². The molecule has 0 radical (unpaired) electrons. The molecule has 150 valence electrons. The first-order valence-electron chi connectivity index (χ1n) is 8.76. The average Bonchev–Trinajstić information content (AvgIpc) is 2.66. The summed E-state index contributed by atoms with van der Waals surface area (Å²) in [5.41, 5.74) is 1.19. The second-order valence-electron chi connectivity index (χ2n) is 6.12. The van der Waals surface area contributed by atoms with Gasteiger partial charge >= 0.3 is 12.1 Å². The molecule has 1 atom stereocenters. The van der Waals surface area contributed by atoms with Crippen LogP contribution in [0.2, 0.25) is 0 Å².